The van der Waals surface area contributed by atoms with Gasteiger partial charge in [0.05, 0.1) is 24.5 Å². The van der Waals surface area contributed by atoms with E-state index in [0.717, 1.165) is 11.3 Å². The second-order valence-corrected chi connectivity index (χ2v) is 8.00. The normalized spacial score (nSPS) is 19.6. The van der Waals surface area contributed by atoms with Gasteiger partial charge in [-0.1, -0.05) is 48.5 Å². The highest BCUT2D eigenvalue weighted by molar-refractivity contribution is 6.00. The molecule has 1 saturated heterocycles. The molecule has 5 rings (SSSR count). The van der Waals surface area contributed by atoms with Crippen molar-refractivity contribution in [3.8, 4) is 5.75 Å². The molecule has 1 aromatic heterocycles. The summed E-state index contributed by atoms with van der Waals surface area (Å²) in [5, 5.41) is 2.95. The third-order valence-corrected chi connectivity index (χ3v) is 5.86. The lowest BCUT2D eigenvalue weighted by Gasteiger charge is -2.31. The van der Waals surface area contributed by atoms with Gasteiger partial charge in [0, 0.05) is 19.2 Å². The van der Waals surface area contributed by atoms with Crippen molar-refractivity contribution >= 4 is 17.6 Å². The molecule has 0 radical (unpaired) electrons. The van der Waals surface area contributed by atoms with Crippen LogP contribution in [0.3, 0.4) is 0 Å². The van der Waals surface area contributed by atoms with Crippen LogP contribution in [0.5, 0.6) is 5.75 Å². The minimum Gasteiger partial charge on any atom is -0.486 e. The second kappa shape index (κ2) is 8.70. The SMILES string of the molecule is O=C1[C@@H]2C[C@@H](CN2C(=O)NCc2ccccc2)Oc2ccccc2N1Cc1ccccn1. The largest absolute Gasteiger partial charge is 0.486 e. The summed E-state index contributed by atoms with van der Waals surface area (Å²) in [4.78, 5) is 34.4. The Labute approximate surface area is 186 Å². The summed E-state index contributed by atoms with van der Waals surface area (Å²) in [5.41, 5.74) is 2.47. The van der Waals surface area contributed by atoms with Gasteiger partial charge < -0.3 is 19.9 Å². The van der Waals surface area contributed by atoms with E-state index in [2.05, 4.69) is 10.3 Å². The summed E-state index contributed by atoms with van der Waals surface area (Å²) in [7, 11) is 0. The smallest absolute Gasteiger partial charge is 0.318 e. The van der Waals surface area contributed by atoms with E-state index < -0.39 is 6.04 Å². The number of likely N-dealkylation sites (tertiary alicyclic amines) is 1. The minimum absolute atomic E-state index is 0.122. The number of urea groups is 1. The van der Waals surface area contributed by atoms with Crippen LogP contribution in [0.25, 0.3) is 0 Å². The Hall–Kier alpha value is -3.87. The Balaban J connectivity index is 1.41. The number of nitrogens with one attached hydrogen (secondary N) is 1. The molecular formula is C25H24N4O3. The number of aromatic nitrogens is 1. The molecule has 1 N–H and O–H groups in total. The number of rotatable bonds is 4. The first-order valence-corrected chi connectivity index (χ1v) is 10.7. The molecule has 2 aliphatic heterocycles. The van der Waals surface area contributed by atoms with E-state index in [1.165, 1.54) is 0 Å². The number of benzene rings is 2. The second-order valence-electron chi connectivity index (χ2n) is 8.00. The van der Waals surface area contributed by atoms with Crippen LogP contribution in [0, 0.1) is 0 Å². The topological polar surface area (TPSA) is 74.8 Å². The average Bonchev–Trinajstić information content (AvgIpc) is 3.27. The molecule has 0 spiro atoms. The van der Waals surface area contributed by atoms with Crippen LogP contribution >= 0.6 is 0 Å². The van der Waals surface area contributed by atoms with Crippen molar-refractivity contribution in [1.29, 1.82) is 0 Å². The quantitative estimate of drug-likeness (QED) is 0.692. The molecule has 2 bridgehead atoms. The van der Waals surface area contributed by atoms with E-state index >= 15 is 0 Å². The van der Waals surface area contributed by atoms with Gasteiger partial charge in [-0.05, 0) is 29.8 Å². The standard InChI is InChI=1S/C25H24N4O3/c30-24-22-14-20(17-29(22)25(31)27-15-18-8-2-1-3-9-18)32-23-12-5-4-11-21(23)28(24)16-19-10-6-7-13-26-19/h1-13,20,22H,14-17H2,(H,27,31)/t20-,22-/m0/s1. The highest BCUT2D eigenvalue weighted by Crippen LogP contribution is 2.36. The minimum atomic E-state index is -0.590. The number of nitrogens with zero attached hydrogens (tertiary/aromatic N) is 3. The fraction of sp³-hybridized carbons (Fsp3) is 0.240. The van der Waals surface area contributed by atoms with E-state index in [1.54, 1.807) is 16.0 Å². The molecule has 7 heteroatoms. The van der Waals surface area contributed by atoms with Gasteiger partial charge in [-0.2, -0.15) is 0 Å². The van der Waals surface area contributed by atoms with Crippen LogP contribution < -0.4 is 15.0 Å². The van der Waals surface area contributed by atoms with Crippen LogP contribution in [-0.4, -0.2) is 40.5 Å². The molecule has 0 unspecified atom stereocenters. The molecule has 2 atom stereocenters. The predicted molar refractivity (Wildman–Crippen MR) is 120 cm³/mol. The van der Waals surface area contributed by atoms with Crippen LogP contribution in [0.2, 0.25) is 0 Å². The Kier molecular flexibility index (Phi) is 5.46. The van der Waals surface area contributed by atoms with Crippen LogP contribution in [0.4, 0.5) is 10.5 Å². The zero-order chi connectivity index (χ0) is 21.9. The van der Waals surface area contributed by atoms with E-state index in [1.807, 2.05) is 72.8 Å². The number of amides is 3. The van der Waals surface area contributed by atoms with Gasteiger partial charge in [0.1, 0.15) is 17.9 Å². The number of ether oxygens (including phenoxy) is 1. The zero-order valence-corrected chi connectivity index (χ0v) is 17.6. The van der Waals surface area contributed by atoms with Gasteiger partial charge in [-0.15, -0.1) is 0 Å². The van der Waals surface area contributed by atoms with Gasteiger partial charge in [-0.3, -0.25) is 9.78 Å². The monoisotopic (exact) mass is 428 g/mol. The van der Waals surface area contributed by atoms with Gasteiger partial charge >= 0.3 is 6.03 Å². The van der Waals surface area contributed by atoms with E-state index in [9.17, 15) is 9.59 Å². The van der Waals surface area contributed by atoms with E-state index in [-0.39, 0.29) is 18.0 Å². The van der Waals surface area contributed by atoms with Gasteiger partial charge in [0.2, 0.25) is 5.91 Å². The number of carbonyl (C=O) groups excluding carboxylic acids is 2. The molecule has 2 aromatic carbocycles. The van der Waals surface area contributed by atoms with Crippen LogP contribution in [-0.2, 0) is 17.9 Å². The van der Waals surface area contributed by atoms with Gasteiger partial charge in [0.15, 0.2) is 0 Å². The lowest BCUT2D eigenvalue weighted by molar-refractivity contribution is -0.122. The Morgan fingerprint density at radius 1 is 1.03 bits per heavy atom. The van der Waals surface area contributed by atoms with E-state index in [0.29, 0.717) is 37.5 Å². The highest BCUT2D eigenvalue weighted by atomic mass is 16.5. The summed E-state index contributed by atoms with van der Waals surface area (Å²) in [5.74, 6) is 0.524. The molecule has 162 valence electrons. The number of para-hydroxylation sites is 2. The maximum Gasteiger partial charge on any atom is 0.318 e. The average molecular weight is 428 g/mol. The Morgan fingerprint density at radius 3 is 2.62 bits per heavy atom. The molecular weight excluding hydrogens is 404 g/mol. The number of hydrogen-bond donors (Lipinski definition) is 1. The number of hydrogen-bond acceptors (Lipinski definition) is 4. The van der Waals surface area contributed by atoms with Gasteiger partial charge in [0.25, 0.3) is 0 Å². The van der Waals surface area contributed by atoms with Crippen molar-refractivity contribution in [1.82, 2.24) is 15.2 Å². The third-order valence-electron chi connectivity index (χ3n) is 5.86. The predicted octanol–water partition coefficient (Wildman–Crippen LogP) is 3.36. The molecule has 32 heavy (non-hydrogen) atoms. The van der Waals surface area contributed by atoms with Crippen molar-refractivity contribution in [2.75, 3.05) is 11.4 Å². The highest BCUT2D eigenvalue weighted by Gasteiger charge is 2.45. The first-order valence-electron chi connectivity index (χ1n) is 10.7. The number of anilines is 1. The van der Waals surface area contributed by atoms with Crippen LogP contribution in [0.15, 0.2) is 79.0 Å². The lowest BCUT2D eigenvalue weighted by atomic mass is 10.1. The lowest BCUT2D eigenvalue weighted by Crippen LogP contribution is -2.50. The summed E-state index contributed by atoms with van der Waals surface area (Å²) < 4.78 is 6.25. The van der Waals surface area contributed by atoms with Gasteiger partial charge in [-0.25, -0.2) is 4.79 Å². The molecule has 3 heterocycles. The summed E-state index contributed by atoms with van der Waals surface area (Å²) in [6.07, 6.45) is 1.94. The Bertz CT molecular complexity index is 1100. The molecule has 2 aliphatic rings. The molecule has 7 nitrogen and oxygen atoms in total. The summed E-state index contributed by atoms with van der Waals surface area (Å²) in [6.45, 7) is 1.07. The zero-order valence-electron chi connectivity index (χ0n) is 17.6. The number of pyridine rings is 1. The third kappa shape index (κ3) is 4.01. The van der Waals surface area contributed by atoms with E-state index in [4.69, 9.17) is 4.74 Å². The molecule has 0 aliphatic carbocycles. The molecule has 3 aromatic rings. The summed E-state index contributed by atoms with van der Waals surface area (Å²) in [6, 6.07) is 22.0. The molecule has 0 saturated carbocycles. The number of carbonyl (C=O) groups is 2. The fourth-order valence-electron chi connectivity index (χ4n) is 4.29. The Morgan fingerprint density at radius 2 is 1.81 bits per heavy atom. The van der Waals surface area contributed by atoms with Crippen molar-refractivity contribution in [2.45, 2.75) is 31.7 Å². The number of fused-ring (bicyclic) bond motifs is 3. The van der Waals surface area contributed by atoms with Crippen molar-refractivity contribution in [3.05, 3.63) is 90.3 Å². The van der Waals surface area contributed by atoms with Crippen molar-refractivity contribution < 1.29 is 14.3 Å². The van der Waals surface area contributed by atoms with Crippen molar-refractivity contribution in [2.24, 2.45) is 0 Å². The molecule has 1 fully saturated rings. The van der Waals surface area contributed by atoms with Crippen molar-refractivity contribution in [3.63, 3.8) is 0 Å². The fourth-order valence-corrected chi connectivity index (χ4v) is 4.29. The first kappa shape index (κ1) is 20.1. The van der Waals surface area contributed by atoms with Crippen LogP contribution in [0.1, 0.15) is 17.7 Å². The maximum atomic E-state index is 13.7. The maximum absolute atomic E-state index is 13.7. The first-order chi connectivity index (χ1) is 15.7. The summed E-state index contributed by atoms with van der Waals surface area (Å²) >= 11 is 0. The molecule has 3 amide bonds.